The lowest BCUT2D eigenvalue weighted by molar-refractivity contribution is -0.139. The first-order valence-corrected chi connectivity index (χ1v) is 7.60. The Morgan fingerprint density at radius 2 is 1.88 bits per heavy atom. The number of carboxylic acid groups (broad SMARTS) is 1. The second-order valence-corrected chi connectivity index (χ2v) is 6.23. The summed E-state index contributed by atoms with van der Waals surface area (Å²) in [5.41, 5.74) is 0.109. The third-order valence-corrected chi connectivity index (χ3v) is 3.18. The van der Waals surface area contributed by atoms with Gasteiger partial charge in [0, 0.05) is 0 Å². The second-order valence-electron chi connectivity index (χ2n) is 6.23. The molecule has 1 aromatic carbocycles. The van der Waals surface area contributed by atoms with Crippen molar-refractivity contribution in [3.8, 4) is 11.5 Å². The van der Waals surface area contributed by atoms with E-state index in [1.807, 2.05) is 6.07 Å². The summed E-state index contributed by atoms with van der Waals surface area (Å²) in [6, 6.07) is 4.33. The van der Waals surface area contributed by atoms with Crippen molar-refractivity contribution in [1.29, 1.82) is 0 Å². The van der Waals surface area contributed by atoms with E-state index in [2.05, 4.69) is 5.32 Å². The van der Waals surface area contributed by atoms with E-state index in [0.717, 1.165) is 5.56 Å². The zero-order valence-electron chi connectivity index (χ0n) is 14.7. The fourth-order valence-corrected chi connectivity index (χ4v) is 2.16. The number of aryl methyl sites for hydroxylation is 1. The van der Waals surface area contributed by atoms with Crippen LogP contribution in [0.25, 0.3) is 0 Å². The molecule has 0 aromatic heterocycles. The molecule has 0 aliphatic rings. The maximum atomic E-state index is 11.8. The van der Waals surface area contributed by atoms with E-state index in [1.54, 1.807) is 32.9 Å². The van der Waals surface area contributed by atoms with Crippen molar-refractivity contribution in [1.82, 2.24) is 5.32 Å². The van der Waals surface area contributed by atoms with Gasteiger partial charge in [-0.2, -0.15) is 0 Å². The fourth-order valence-electron chi connectivity index (χ4n) is 2.16. The van der Waals surface area contributed by atoms with Crippen LogP contribution in [0.4, 0.5) is 4.79 Å². The van der Waals surface area contributed by atoms with Gasteiger partial charge in [0.1, 0.15) is 11.6 Å². The maximum absolute atomic E-state index is 11.8. The van der Waals surface area contributed by atoms with Crippen LogP contribution in [0.2, 0.25) is 0 Å². The molecule has 0 spiro atoms. The highest BCUT2D eigenvalue weighted by Gasteiger charge is 2.24. The average molecular weight is 339 g/mol. The predicted octanol–water partition coefficient (Wildman–Crippen LogP) is 2.61. The molecule has 1 aromatic rings. The van der Waals surface area contributed by atoms with Gasteiger partial charge < -0.3 is 24.6 Å². The highest BCUT2D eigenvalue weighted by atomic mass is 16.6. The Labute approximate surface area is 141 Å². The molecular formula is C17H25NO6. The van der Waals surface area contributed by atoms with Gasteiger partial charge in [-0.3, -0.25) is 0 Å². The van der Waals surface area contributed by atoms with Crippen LogP contribution in [0.3, 0.4) is 0 Å². The third kappa shape index (κ3) is 5.98. The number of amides is 1. The third-order valence-electron chi connectivity index (χ3n) is 3.18. The van der Waals surface area contributed by atoms with Gasteiger partial charge >= 0.3 is 12.1 Å². The van der Waals surface area contributed by atoms with Crippen LogP contribution in [-0.2, 0) is 16.0 Å². The molecular weight excluding hydrogens is 314 g/mol. The molecule has 1 amide bonds. The number of hydrogen-bond acceptors (Lipinski definition) is 5. The minimum Gasteiger partial charge on any atom is -0.493 e. The lowest BCUT2D eigenvalue weighted by Crippen LogP contribution is -2.43. The second kappa shape index (κ2) is 8.42. The van der Waals surface area contributed by atoms with Gasteiger partial charge in [-0.1, -0.05) is 12.1 Å². The summed E-state index contributed by atoms with van der Waals surface area (Å²) in [6.07, 6.45) is -0.168. The van der Waals surface area contributed by atoms with Gasteiger partial charge in [0.05, 0.1) is 14.2 Å². The summed E-state index contributed by atoms with van der Waals surface area (Å²) >= 11 is 0. The Morgan fingerprint density at radius 1 is 1.21 bits per heavy atom. The number of aliphatic carboxylic acids is 1. The number of methoxy groups -OCH3 is 2. The van der Waals surface area contributed by atoms with Gasteiger partial charge in [0.2, 0.25) is 0 Å². The number of ether oxygens (including phenoxy) is 3. The quantitative estimate of drug-likeness (QED) is 0.793. The predicted molar refractivity (Wildman–Crippen MR) is 88.7 cm³/mol. The SMILES string of the molecule is COc1cccc(CC[C@H](NC(=O)OC(C)(C)C)C(=O)O)c1OC. The van der Waals surface area contributed by atoms with Gasteiger partial charge in [-0.05, 0) is 45.2 Å². The summed E-state index contributed by atoms with van der Waals surface area (Å²) in [5.74, 6) is 0.00565. The van der Waals surface area contributed by atoms with E-state index in [0.29, 0.717) is 17.9 Å². The Bertz CT molecular complexity index is 579. The molecule has 0 unspecified atom stereocenters. The van der Waals surface area contributed by atoms with Crippen molar-refractivity contribution in [2.24, 2.45) is 0 Å². The molecule has 0 saturated heterocycles. The first kappa shape index (κ1) is 19.6. The van der Waals surface area contributed by atoms with Crippen LogP contribution < -0.4 is 14.8 Å². The molecule has 0 bridgehead atoms. The largest absolute Gasteiger partial charge is 0.493 e. The minimum atomic E-state index is -1.12. The van der Waals surface area contributed by atoms with Crippen molar-refractivity contribution in [3.05, 3.63) is 23.8 Å². The molecule has 24 heavy (non-hydrogen) atoms. The maximum Gasteiger partial charge on any atom is 0.408 e. The zero-order chi connectivity index (χ0) is 18.3. The molecule has 7 nitrogen and oxygen atoms in total. The van der Waals surface area contributed by atoms with E-state index in [4.69, 9.17) is 14.2 Å². The lowest BCUT2D eigenvalue weighted by Gasteiger charge is -2.22. The monoisotopic (exact) mass is 339 g/mol. The lowest BCUT2D eigenvalue weighted by atomic mass is 10.0. The molecule has 0 aliphatic heterocycles. The van der Waals surface area contributed by atoms with Gasteiger partial charge in [-0.25, -0.2) is 9.59 Å². The number of nitrogens with one attached hydrogen (secondary N) is 1. The summed E-state index contributed by atoms with van der Waals surface area (Å²) < 4.78 is 15.6. The number of carbonyl (C=O) groups excluding carboxylic acids is 1. The molecule has 0 heterocycles. The molecule has 1 rings (SSSR count). The summed E-state index contributed by atoms with van der Waals surface area (Å²) in [6.45, 7) is 5.14. The number of para-hydroxylation sites is 1. The first-order valence-electron chi connectivity index (χ1n) is 7.60. The van der Waals surface area contributed by atoms with Gasteiger partial charge in [0.15, 0.2) is 11.5 Å². The van der Waals surface area contributed by atoms with E-state index >= 15 is 0 Å². The van der Waals surface area contributed by atoms with Crippen molar-refractivity contribution in [2.45, 2.75) is 45.3 Å². The molecule has 0 aliphatic carbocycles. The van der Waals surface area contributed by atoms with Crippen LogP contribution in [0.1, 0.15) is 32.8 Å². The number of hydrogen-bond donors (Lipinski definition) is 2. The highest BCUT2D eigenvalue weighted by molar-refractivity contribution is 5.80. The summed E-state index contributed by atoms with van der Waals surface area (Å²) in [5, 5.41) is 11.7. The van der Waals surface area contributed by atoms with E-state index in [9.17, 15) is 14.7 Å². The fraction of sp³-hybridized carbons (Fsp3) is 0.529. The smallest absolute Gasteiger partial charge is 0.408 e. The molecule has 0 fully saturated rings. The van der Waals surface area contributed by atoms with Crippen LogP contribution >= 0.6 is 0 Å². The number of rotatable bonds is 7. The van der Waals surface area contributed by atoms with Crippen molar-refractivity contribution in [3.63, 3.8) is 0 Å². The van der Waals surface area contributed by atoms with Crippen LogP contribution in [-0.4, -0.2) is 43.0 Å². The molecule has 0 radical (unpaired) electrons. The van der Waals surface area contributed by atoms with E-state index in [1.165, 1.54) is 14.2 Å². The molecule has 1 atom stereocenters. The van der Waals surface area contributed by atoms with Crippen molar-refractivity contribution < 1.29 is 28.9 Å². The molecule has 2 N–H and O–H groups in total. The van der Waals surface area contributed by atoms with Gasteiger partial charge in [-0.15, -0.1) is 0 Å². The zero-order valence-corrected chi connectivity index (χ0v) is 14.7. The number of benzene rings is 1. The summed E-state index contributed by atoms with van der Waals surface area (Å²) in [4.78, 5) is 23.1. The Hall–Kier alpha value is -2.44. The Kier molecular flexibility index (Phi) is 6.88. The van der Waals surface area contributed by atoms with E-state index < -0.39 is 23.7 Å². The van der Waals surface area contributed by atoms with Crippen LogP contribution in [0.15, 0.2) is 18.2 Å². The van der Waals surface area contributed by atoms with Crippen molar-refractivity contribution >= 4 is 12.1 Å². The standard InChI is InChI=1S/C17H25NO6/c1-17(2,3)24-16(21)18-12(15(19)20)10-9-11-7-6-8-13(22-4)14(11)23-5/h6-8,12H,9-10H2,1-5H3,(H,18,21)(H,19,20)/t12-/m0/s1. The van der Waals surface area contributed by atoms with Crippen LogP contribution in [0, 0.1) is 0 Å². The number of carbonyl (C=O) groups is 2. The first-order chi connectivity index (χ1) is 11.2. The Balaban J connectivity index is 2.78. The molecule has 0 saturated carbocycles. The topological polar surface area (TPSA) is 94.1 Å². The normalized spacial score (nSPS) is 12.2. The average Bonchev–Trinajstić information content (AvgIpc) is 2.48. The number of carboxylic acids is 1. The molecule has 7 heteroatoms. The highest BCUT2D eigenvalue weighted by Crippen LogP contribution is 2.31. The Morgan fingerprint density at radius 3 is 2.38 bits per heavy atom. The van der Waals surface area contributed by atoms with Gasteiger partial charge in [0.25, 0.3) is 0 Å². The summed E-state index contributed by atoms with van der Waals surface area (Å²) in [7, 11) is 3.06. The van der Waals surface area contributed by atoms with Crippen molar-refractivity contribution in [2.75, 3.05) is 14.2 Å². The minimum absolute atomic E-state index is 0.193. The van der Waals surface area contributed by atoms with Crippen LogP contribution in [0.5, 0.6) is 11.5 Å². The number of alkyl carbamates (subject to hydrolysis) is 1. The molecule has 134 valence electrons. The van der Waals surface area contributed by atoms with E-state index in [-0.39, 0.29) is 6.42 Å².